The fraction of sp³-hybridized carbons (Fsp3) is 0.333. The Morgan fingerprint density at radius 1 is 1.14 bits per heavy atom. The van der Waals surface area contributed by atoms with Gasteiger partial charge in [-0.05, 0) is 46.0 Å². The summed E-state index contributed by atoms with van der Waals surface area (Å²) < 4.78 is 29.0. The number of hydrogen-bond donors (Lipinski definition) is 1. The number of benzene rings is 1. The Morgan fingerprint density at radius 3 is 2.33 bits per heavy atom. The third-order valence-electron chi connectivity index (χ3n) is 3.02. The molecule has 0 radical (unpaired) electrons. The Kier molecular flexibility index (Phi) is 5.60. The first-order chi connectivity index (χ1) is 9.88. The van der Waals surface area contributed by atoms with E-state index in [1.807, 2.05) is 30.3 Å². The highest BCUT2D eigenvalue weighted by atomic mass is 79.9. The minimum atomic E-state index is -3.49. The highest BCUT2D eigenvalue weighted by Gasteiger charge is 2.23. The summed E-state index contributed by atoms with van der Waals surface area (Å²) in [7, 11) is -3.49. The monoisotopic (exact) mass is 387 g/mol. The first-order valence-electron chi connectivity index (χ1n) is 6.71. The second-order valence-electron chi connectivity index (χ2n) is 5.27. The number of rotatable bonds is 6. The lowest BCUT2D eigenvalue weighted by Gasteiger charge is -2.20. The molecular formula is C15H18BrNO2S2. The maximum absolute atomic E-state index is 12.5. The van der Waals surface area contributed by atoms with Crippen molar-refractivity contribution in [2.45, 2.75) is 30.5 Å². The molecule has 0 aliphatic rings. The maximum atomic E-state index is 12.5. The fourth-order valence-corrected chi connectivity index (χ4v) is 5.36. The lowest BCUT2D eigenvalue weighted by Crippen LogP contribution is -2.29. The zero-order chi connectivity index (χ0) is 15.5. The van der Waals surface area contributed by atoms with Gasteiger partial charge in [-0.1, -0.05) is 44.2 Å². The molecule has 0 amide bonds. The van der Waals surface area contributed by atoms with Gasteiger partial charge in [-0.2, -0.15) is 0 Å². The van der Waals surface area contributed by atoms with Crippen molar-refractivity contribution in [1.29, 1.82) is 0 Å². The molecule has 1 aromatic heterocycles. The quantitative estimate of drug-likeness (QED) is 0.788. The second kappa shape index (κ2) is 7.05. The molecule has 114 valence electrons. The summed E-state index contributed by atoms with van der Waals surface area (Å²) in [5.41, 5.74) is 0.991. The Morgan fingerprint density at radius 2 is 1.81 bits per heavy atom. The second-order valence-corrected chi connectivity index (χ2v) is 9.68. The van der Waals surface area contributed by atoms with Gasteiger partial charge in [0.2, 0.25) is 0 Å². The summed E-state index contributed by atoms with van der Waals surface area (Å²) >= 11 is 4.52. The van der Waals surface area contributed by atoms with Crippen molar-refractivity contribution in [3.8, 4) is 0 Å². The van der Waals surface area contributed by atoms with Crippen LogP contribution < -0.4 is 4.72 Å². The zero-order valence-electron chi connectivity index (χ0n) is 11.9. The number of halogens is 1. The highest BCUT2D eigenvalue weighted by Crippen LogP contribution is 2.29. The number of sulfonamides is 1. The largest absolute Gasteiger partial charge is 0.250 e. The van der Waals surface area contributed by atoms with E-state index in [-0.39, 0.29) is 6.04 Å². The van der Waals surface area contributed by atoms with E-state index in [0.717, 1.165) is 15.8 Å². The number of hydrogen-bond acceptors (Lipinski definition) is 3. The molecule has 0 saturated carbocycles. The maximum Gasteiger partial charge on any atom is 0.250 e. The van der Waals surface area contributed by atoms with Crippen molar-refractivity contribution >= 4 is 37.3 Å². The summed E-state index contributed by atoms with van der Waals surface area (Å²) in [5.74, 6) is 0.396. The topological polar surface area (TPSA) is 46.2 Å². The van der Waals surface area contributed by atoms with Crippen LogP contribution >= 0.6 is 27.3 Å². The van der Waals surface area contributed by atoms with Crippen molar-refractivity contribution in [2.24, 2.45) is 5.92 Å². The van der Waals surface area contributed by atoms with Crippen molar-refractivity contribution in [3.63, 3.8) is 0 Å². The molecule has 0 bridgehead atoms. The van der Waals surface area contributed by atoms with Crippen molar-refractivity contribution in [3.05, 3.63) is 51.8 Å². The van der Waals surface area contributed by atoms with Gasteiger partial charge in [-0.3, -0.25) is 0 Å². The van der Waals surface area contributed by atoms with E-state index in [2.05, 4.69) is 34.5 Å². The van der Waals surface area contributed by atoms with Gasteiger partial charge in [0.25, 0.3) is 10.0 Å². The van der Waals surface area contributed by atoms with Crippen LogP contribution in [0, 0.1) is 5.92 Å². The highest BCUT2D eigenvalue weighted by molar-refractivity contribution is 9.11. The van der Waals surface area contributed by atoms with Crippen molar-refractivity contribution < 1.29 is 8.42 Å². The van der Waals surface area contributed by atoms with Crippen LogP contribution in [0.1, 0.15) is 31.9 Å². The molecule has 0 saturated heterocycles. The molecule has 1 N–H and O–H groups in total. The molecule has 3 nitrogen and oxygen atoms in total. The van der Waals surface area contributed by atoms with Gasteiger partial charge in [0.05, 0.1) is 3.79 Å². The minimum absolute atomic E-state index is 0.211. The van der Waals surface area contributed by atoms with E-state index >= 15 is 0 Å². The third kappa shape index (κ3) is 4.64. The van der Waals surface area contributed by atoms with E-state index in [1.165, 1.54) is 11.3 Å². The normalized spacial score (nSPS) is 13.5. The molecule has 2 rings (SSSR count). The number of nitrogens with one attached hydrogen (secondary N) is 1. The number of thiophene rings is 1. The molecule has 21 heavy (non-hydrogen) atoms. The summed E-state index contributed by atoms with van der Waals surface area (Å²) in [5, 5.41) is 0. The summed E-state index contributed by atoms with van der Waals surface area (Å²) in [6.07, 6.45) is 0.760. The minimum Gasteiger partial charge on any atom is -0.206 e. The fourth-order valence-electron chi connectivity index (χ4n) is 2.10. The first kappa shape index (κ1) is 16.7. The van der Waals surface area contributed by atoms with Crippen molar-refractivity contribution in [1.82, 2.24) is 4.72 Å². The Bertz CT molecular complexity index is 681. The first-order valence-corrected chi connectivity index (χ1v) is 9.80. The molecule has 1 heterocycles. The van der Waals surface area contributed by atoms with E-state index < -0.39 is 10.0 Å². The van der Waals surface area contributed by atoms with Crippen LogP contribution in [0.4, 0.5) is 0 Å². The smallest absolute Gasteiger partial charge is 0.206 e. The van der Waals surface area contributed by atoms with Crippen LogP contribution in [-0.4, -0.2) is 8.42 Å². The SMILES string of the molecule is CC(C)C[C@@H](NS(=O)(=O)c1ccc(Br)s1)c1ccccc1. The molecule has 2 aromatic rings. The van der Waals surface area contributed by atoms with Gasteiger partial charge >= 0.3 is 0 Å². The van der Waals surface area contributed by atoms with Crippen LogP contribution in [0.5, 0.6) is 0 Å². The summed E-state index contributed by atoms with van der Waals surface area (Å²) in [6.45, 7) is 4.18. The van der Waals surface area contributed by atoms with Crippen LogP contribution in [-0.2, 0) is 10.0 Å². The van der Waals surface area contributed by atoms with E-state index in [9.17, 15) is 8.42 Å². The lowest BCUT2D eigenvalue weighted by atomic mass is 9.98. The van der Waals surface area contributed by atoms with Gasteiger partial charge in [0, 0.05) is 6.04 Å². The average Bonchev–Trinajstić information content (AvgIpc) is 2.86. The van der Waals surface area contributed by atoms with Gasteiger partial charge in [0.1, 0.15) is 4.21 Å². The van der Waals surface area contributed by atoms with Gasteiger partial charge in [-0.25, -0.2) is 13.1 Å². The van der Waals surface area contributed by atoms with E-state index in [0.29, 0.717) is 10.1 Å². The molecule has 6 heteroatoms. The third-order valence-corrected chi connectivity index (χ3v) is 6.61. The summed E-state index contributed by atoms with van der Waals surface area (Å²) in [6, 6.07) is 12.9. The Labute approximate surface area is 138 Å². The molecule has 0 fully saturated rings. The Balaban J connectivity index is 2.27. The predicted octanol–water partition coefficient (Wildman–Crippen LogP) is 4.58. The van der Waals surface area contributed by atoms with Crippen molar-refractivity contribution in [2.75, 3.05) is 0 Å². The van der Waals surface area contributed by atoms with Crippen LogP contribution in [0.2, 0.25) is 0 Å². The van der Waals surface area contributed by atoms with Crippen LogP contribution in [0.25, 0.3) is 0 Å². The van der Waals surface area contributed by atoms with Gasteiger partial charge < -0.3 is 0 Å². The molecule has 1 aromatic carbocycles. The molecule has 0 spiro atoms. The summed E-state index contributed by atoms with van der Waals surface area (Å²) in [4.78, 5) is 0. The van der Waals surface area contributed by atoms with E-state index in [4.69, 9.17) is 0 Å². The standard InChI is InChI=1S/C15H18BrNO2S2/c1-11(2)10-13(12-6-4-3-5-7-12)17-21(18,19)15-9-8-14(16)20-15/h3-9,11,13,17H,10H2,1-2H3/t13-/m1/s1. The zero-order valence-corrected chi connectivity index (χ0v) is 15.1. The lowest BCUT2D eigenvalue weighted by molar-refractivity contribution is 0.472. The predicted molar refractivity (Wildman–Crippen MR) is 91.0 cm³/mol. The molecule has 0 aliphatic carbocycles. The Hall–Kier alpha value is -0.690. The molecule has 0 aliphatic heterocycles. The molecular weight excluding hydrogens is 370 g/mol. The molecule has 0 unspecified atom stereocenters. The van der Waals surface area contributed by atoms with E-state index in [1.54, 1.807) is 12.1 Å². The van der Waals surface area contributed by atoms with Gasteiger partial charge in [0.15, 0.2) is 0 Å². The van der Waals surface area contributed by atoms with Crippen LogP contribution in [0.3, 0.4) is 0 Å². The van der Waals surface area contributed by atoms with Gasteiger partial charge in [-0.15, -0.1) is 11.3 Å². The van der Waals surface area contributed by atoms with Crippen LogP contribution in [0.15, 0.2) is 50.5 Å². The molecule has 1 atom stereocenters. The average molecular weight is 388 g/mol.